The number of nitrogens with zero attached hydrogens (tertiary/aromatic N) is 4. The maximum Gasteiger partial charge on any atom is 0.331 e. The van der Waals surface area contributed by atoms with Crippen LogP contribution in [0.3, 0.4) is 0 Å². The lowest BCUT2D eigenvalue weighted by molar-refractivity contribution is -0.146. The van der Waals surface area contributed by atoms with Gasteiger partial charge in [0.2, 0.25) is 0 Å². The molecule has 4 aromatic rings. The van der Waals surface area contributed by atoms with Crippen LogP contribution in [0.4, 0.5) is 0 Å². The summed E-state index contributed by atoms with van der Waals surface area (Å²) < 4.78 is 39.1. The molecule has 20 heteroatoms. The van der Waals surface area contributed by atoms with E-state index in [1.165, 1.54) is 48.6 Å². The molecule has 4 aromatic heterocycles. The van der Waals surface area contributed by atoms with Crippen LogP contribution in [0.2, 0.25) is 0 Å². The van der Waals surface area contributed by atoms with Crippen molar-refractivity contribution in [2.75, 3.05) is 0 Å². The number of allylic oxidation sites excluding steroid dienone is 6. The van der Waals surface area contributed by atoms with Crippen LogP contribution in [-0.4, -0.2) is 127 Å². The minimum absolute atomic E-state index is 0.0148. The number of carbonyl (C=O) groups is 7. The average Bonchev–Trinajstić information content (AvgIpc) is 1.71. The van der Waals surface area contributed by atoms with Crippen LogP contribution in [0.1, 0.15) is 139 Å². The molecular formula is C80H92N4O16. The minimum Gasteiger partial charge on any atom is -0.460 e. The van der Waals surface area contributed by atoms with Gasteiger partial charge in [-0.3, -0.25) is 19.9 Å². The summed E-state index contributed by atoms with van der Waals surface area (Å²) in [5.41, 5.74) is 3.16. The van der Waals surface area contributed by atoms with Crippen LogP contribution in [0.25, 0.3) is 24.3 Å². The van der Waals surface area contributed by atoms with Gasteiger partial charge in [-0.05, 0) is 230 Å². The molecule has 0 radical (unpaired) electrons. The number of pyridine rings is 4. The van der Waals surface area contributed by atoms with Crippen molar-refractivity contribution in [1.82, 2.24) is 19.9 Å². The van der Waals surface area contributed by atoms with E-state index < -0.39 is 66.2 Å². The number of hydrogen-bond acceptors (Lipinski definition) is 20. The number of cyclic esters (lactones) is 3. The molecule has 3 aliphatic carbocycles. The van der Waals surface area contributed by atoms with E-state index in [0.29, 0.717) is 38.5 Å². The van der Waals surface area contributed by atoms with E-state index in [4.69, 9.17) is 33.2 Å². The Morgan fingerprint density at radius 2 is 0.750 bits per heavy atom. The third kappa shape index (κ3) is 27.1. The molecule has 7 heterocycles. The first-order valence-corrected chi connectivity index (χ1v) is 34.7. The van der Waals surface area contributed by atoms with Crippen LogP contribution in [0.15, 0.2) is 195 Å². The van der Waals surface area contributed by atoms with E-state index in [9.17, 15) is 43.8 Å². The van der Waals surface area contributed by atoms with Gasteiger partial charge in [-0.2, -0.15) is 0 Å². The van der Waals surface area contributed by atoms with Crippen molar-refractivity contribution in [2.45, 2.75) is 172 Å². The minimum atomic E-state index is -0.808. The highest BCUT2D eigenvalue weighted by molar-refractivity contribution is 5.89. The number of ether oxygens (including phenoxy) is 7. The van der Waals surface area contributed by atoms with Gasteiger partial charge in [-0.1, -0.05) is 60.7 Å². The monoisotopic (exact) mass is 1360 g/mol. The van der Waals surface area contributed by atoms with Crippen molar-refractivity contribution < 1.29 is 76.9 Å². The topological polar surface area (TPSA) is 276 Å². The molecule has 0 saturated heterocycles. The number of aliphatic hydroxyl groups excluding tert-OH is 2. The Bertz CT molecular complexity index is 3580. The molecule has 0 spiro atoms. The van der Waals surface area contributed by atoms with Gasteiger partial charge < -0.3 is 43.4 Å². The first kappa shape index (κ1) is 76.0. The van der Waals surface area contributed by atoms with Crippen molar-refractivity contribution in [3.05, 3.63) is 218 Å². The fraction of sp³-hybridized carbons (Fsp3) is 0.412. The van der Waals surface area contributed by atoms with Crippen molar-refractivity contribution >= 4 is 66.1 Å². The molecule has 528 valence electrons. The van der Waals surface area contributed by atoms with E-state index in [2.05, 4.69) is 56.4 Å². The molecule has 3 saturated carbocycles. The maximum atomic E-state index is 12.8. The molecule has 0 aromatic carbocycles. The zero-order valence-electron chi connectivity index (χ0n) is 57.0. The fourth-order valence-corrected chi connectivity index (χ4v) is 13.0. The van der Waals surface area contributed by atoms with Gasteiger partial charge in [0.25, 0.3) is 0 Å². The van der Waals surface area contributed by atoms with E-state index in [-0.39, 0.29) is 66.0 Å². The predicted molar refractivity (Wildman–Crippen MR) is 376 cm³/mol. The summed E-state index contributed by atoms with van der Waals surface area (Å²) in [4.78, 5) is 103. The van der Waals surface area contributed by atoms with Gasteiger partial charge in [0, 0.05) is 104 Å². The number of esters is 7. The Hall–Kier alpha value is -9.79. The third-order valence-corrected chi connectivity index (χ3v) is 17.9. The van der Waals surface area contributed by atoms with Crippen LogP contribution < -0.4 is 0 Å². The van der Waals surface area contributed by atoms with Gasteiger partial charge in [0.05, 0.1) is 30.5 Å². The highest BCUT2D eigenvalue weighted by Gasteiger charge is 2.42. The molecule has 0 amide bonds. The molecule has 10 rings (SSSR count). The number of hydrogen-bond donors (Lipinski definition) is 2. The largest absolute Gasteiger partial charge is 0.460 e. The number of rotatable bonds is 12. The molecule has 3 aliphatic heterocycles. The van der Waals surface area contributed by atoms with Gasteiger partial charge in [0.1, 0.15) is 24.4 Å². The average molecular weight is 1370 g/mol. The molecule has 15 atom stereocenters. The van der Waals surface area contributed by atoms with Crippen molar-refractivity contribution in [1.29, 1.82) is 0 Å². The number of aromatic nitrogens is 4. The Morgan fingerprint density at radius 3 is 1.12 bits per heavy atom. The SMILES string of the molecule is C[C@H]1CCC/C=C/[C@@H]2C[C@H](O)C[C@H]2[C@H](OC(=O)/C=C/c2cccnc2)/C=C/C(=O)O1.C[C@H]1CCC/C=C/[C@@H]2C[C@H](OC(=O)/C=C/c3cccnc3)C[C@H]2[C@H](O)/C=C/C(=O)O1.C[C@H]1CCC/C=C/[C@@H]2C[C@H](OC(=O)/C=C/c3cccnc3)C[C@H]2[C@H](OC(=O)/C=C/c2cccnc2)/C=C/C(=O)O1. The summed E-state index contributed by atoms with van der Waals surface area (Å²) in [6.45, 7) is 5.62. The van der Waals surface area contributed by atoms with E-state index in [0.717, 1.165) is 80.0 Å². The smallest absolute Gasteiger partial charge is 0.331 e. The first-order chi connectivity index (χ1) is 48.5. The Morgan fingerprint density at radius 1 is 0.420 bits per heavy atom. The Kier molecular flexibility index (Phi) is 31.1. The summed E-state index contributed by atoms with van der Waals surface area (Å²) in [7, 11) is 0. The molecule has 100 heavy (non-hydrogen) atoms. The normalized spacial score (nSPS) is 30.1. The maximum absolute atomic E-state index is 12.8. The van der Waals surface area contributed by atoms with Crippen LogP contribution >= 0.6 is 0 Å². The molecule has 20 nitrogen and oxygen atoms in total. The Balaban J connectivity index is 0.000000194. The second-order valence-corrected chi connectivity index (χ2v) is 25.8. The third-order valence-electron chi connectivity index (χ3n) is 17.9. The Labute approximate surface area is 585 Å². The zero-order chi connectivity index (χ0) is 70.9. The molecule has 3 fully saturated rings. The summed E-state index contributed by atoms with van der Waals surface area (Å²) in [6.07, 6.45) is 53.9. The van der Waals surface area contributed by atoms with Gasteiger partial charge in [0.15, 0.2) is 0 Å². The van der Waals surface area contributed by atoms with Gasteiger partial charge in [-0.15, -0.1) is 0 Å². The fourth-order valence-electron chi connectivity index (χ4n) is 13.0. The molecule has 0 unspecified atom stereocenters. The van der Waals surface area contributed by atoms with Crippen LogP contribution in [0, 0.1) is 35.5 Å². The lowest BCUT2D eigenvalue weighted by Gasteiger charge is -2.24. The predicted octanol–water partition coefficient (Wildman–Crippen LogP) is 12.5. The van der Waals surface area contributed by atoms with Crippen molar-refractivity contribution in [3.8, 4) is 0 Å². The summed E-state index contributed by atoms with van der Waals surface area (Å²) in [6, 6.07) is 14.5. The lowest BCUT2D eigenvalue weighted by atomic mass is 9.89. The molecule has 2 N–H and O–H groups in total. The van der Waals surface area contributed by atoms with Gasteiger partial charge in [-0.25, -0.2) is 33.6 Å². The summed E-state index contributed by atoms with van der Waals surface area (Å²) in [5, 5.41) is 20.9. The second-order valence-electron chi connectivity index (χ2n) is 25.8. The standard InChI is InChI=1S/C32H34N2O6.2C24H29NO5/c1-23-7-3-2-4-10-26-19-27(39-31(36)14-11-24-8-5-17-33-21-24)20-28(26)29(13-16-30(35)38-23)40-32(37)15-12-25-9-6-18-34-22-25;1-17-6-3-2-4-8-19-14-20(15-21(19)22(26)10-12-23(27)29-17)30-24(28)11-9-18-7-5-13-25-16-18;1-17-6-3-2-4-8-19-14-20(26)15-21(19)22(10-12-23(27)29-17)30-24(28)11-9-18-7-5-13-25-16-18/h4-6,8-18,21-23,26-29H,2-3,7,19-20H2,1H3;2*4-5,7-13,16-17,19-22,26H,2-3,6,14-15H2,1H3/b10-4+,14-11+,15-12+,16-13+;2*8-4+,11-9+,12-10+/t23-,26+,27-,28+,29+;2*17-,19+,20-,21+,22+/m000/s1. The van der Waals surface area contributed by atoms with Gasteiger partial charge >= 0.3 is 41.8 Å². The highest BCUT2D eigenvalue weighted by Crippen LogP contribution is 2.41. The number of carbonyl (C=O) groups excluding carboxylic acids is 7. The first-order valence-electron chi connectivity index (χ1n) is 34.7. The highest BCUT2D eigenvalue weighted by atomic mass is 16.6. The number of aliphatic hydroxyl groups is 2. The van der Waals surface area contributed by atoms with E-state index in [1.54, 1.807) is 110 Å². The molecule has 0 bridgehead atoms. The van der Waals surface area contributed by atoms with Crippen molar-refractivity contribution in [2.24, 2.45) is 35.5 Å². The zero-order valence-corrected chi connectivity index (χ0v) is 57.0. The second kappa shape index (κ2) is 40.9. The summed E-state index contributed by atoms with van der Waals surface area (Å²) >= 11 is 0. The van der Waals surface area contributed by atoms with Crippen LogP contribution in [-0.2, 0) is 66.7 Å². The number of fused-ring (bicyclic) bond motifs is 3. The molecule has 6 aliphatic rings. The van der Waals surface area contributed by atoms with E-state index >= 15 is 0 Å². The van der Waals surface area contributed by atoms with E-state index in [1.807, 2.05) is 45.0 Å². The van der Waals surface area contributed by atoms with Crippen LogP contribution in [0.5, 0.6) is 0 Å². The quantitative estimate of drug-likeness (QED) is 0.0577. The molecular weight excluding hydrogens is 1270 g/mol. The summed E-state index contributed by atoms with van der Waals surface area (Å²) in [5.74, 6) is -3.56. The van der Waals surface area contributed by atoms with Crippen molar-refractivity contribution in [3.63, 3.8) is 0 Å². The lowest BCUT2D eigenvalue weighted by Crippen LogP contribution is -2.27.